The molecule has 17 heavy (non-hydrogen) atoms. The van der Waals surface area contributed by atoms with Gasteiger partial charge in [0.15, 0.2) is 0 Å². The van der Waals surface area contributed by atoms with Gasteiger partial charge >= 0.3 is 6.03 Å². The molecule has 1 saturated heterocycles. The average Bonchev–Trinajstić information content (AvgIpc) is 2.86. The van der Waals surface area contributed by atoms with Crippen LogP contribution in [0.5, 0.6) is 0 Å². The van der Waals surface area contributed by atoms with Crippen molar-refractivity contribution in [2.24, 2.45) is 0 Å². The first-order chi connectivity index (χ1) is 8.26. The summed E-state index contributed by atoms with van der Waals surface area (Å²) in [5.74, 6) is 0. The fourth-order valence-electron chi connectivity index (χ4n) is 2.92. The summed E-state index contributed by atoms with van der Waals surface area (Å²) in [7, 11) is 0. The van der Waals surface area contributed by atoms with E-state index in [4.69, 9.17) is 0 Å². The van der Waals surface area contributed by atoms with Crippen molar-refractivity contribution in [3.8, 4) is 0 Å². The number of nitrogens with one attached hydrogen (secondary N) is 1. The maximum absolute atomic E-state index is 12.0. The highest BCUT2D eigenvalue weighted by Gasteiger charge is 2.33. The van der Waals surface area contributed by atoms with Gasteiger partial charge in [-0.05, 0) is 38.4 Å². The molecule has 1 aliphatic carbocycles. The molecule has 1 aliphatic heterocycles. The van der Waals surface area contributed by atoms with Crippen LogP contribution in [0.3, 0.4) is 0 Å². The maximum atomic E-state index is 12.0. The standard InChI is InChI=1S/C13H24N2OS/c1-17-13(7-3-4-8-13)11-14-12(16)15-9-5-2-6-10-15/h2-11H2,1H3,(H,14,16). The Kier molecular flexibility index (Phi) is 4.60. The Balaban J connectivity index is 1.78. The van der Waals surface area contributed by atoms with Crippen molar-refractivity contribution in [1.82, 2.24) is 10.2 Å². The molecule has 0 atom stereocenters. The van der Waals surface area contributed by atoms with E-state index in [1.165, 1.54) is 44.9 Å². The first kappa shape index (κ1) is 13.1. The first-order valence-electron chi connectivity index (χ1n) is 6.84. The van der Waals surface area contributed by atoms with Gasteiger partial charge in [0.2, 0.25) is 0 Å². The molecule has 2 rings (SSSR count). The molecule has 4 heteroatoms. The van der Waals surface area contributed by atoms with Gasteiger partial charge in [-0.1, -0.05) is 12.8 Å². The second-order valence-electron chi connectivity index (χ2n) is 5.30. The van der Waals surface area contributed by atoms with E-state index in [0.717, 1.165) is 19.6 Å². The minimum Gasteiger partial charge on any atom is -0.337 e. The van der Waals surface area contributed by atoms with Crippen LogP contribution in [-0.2, 0) is 0 Å². The molecule has 0 aromatic heterocycles. The van der Waals surface area contributed by atoms with Crippen LogP contribution < -0.4 is 5.32 Å². The van der Waals surface area contributed by atoms with Crippen LogP contribution in [0.1, 0.15) is 44.9 Å². The monoisotopic (exact) mass is 256 g/mol. The Morgan fingerprint density at radius 3 is 2.41 bits per heavy atom. The van der Waals surface area contributed by atoms with Gasteiger partial charge in [-0.3, -0.25) is 0 Å². The van der Waals surface area contributed by atoms with Gasteiger partial charge in [0, 0.05) is 24.4 Å². The highest BCUT2D eigenvalue weighted by Crippen LogP contribution is 2.39. The molecule has 2 amide bonds. The molecule has 0 unspecified atom stereocenters. The predicted octanol–water partition coefficient (Wildman–Crippen LogP) is 2.86. The molecule has 0 bridgehead atoms. The lowest BCUT2D eigenvalue weighted by Gasteiger charge is -2.31. The number of hydrogen-bond acceptors (Lipinski definition) is 2. The van der Waals surface area contributed by atoms with Crippen molar-refractivity contribution in [1.29, 1.82) is 0 Å². The zero-order valence-corrected chi connectivity index (χ0v) is 11.7. The van der Waals surface area contributed by atoms with E-state index in [9.17, 15) is 4.79 Å². The normalized spacial score (nSPS) is 23.7. The summed E-state index contributed by atoms with van der Waals surface area (Å²) in [6.07, 6.45) is 10.9. The molecule has 3 nitrogen and oxygen atoms in total. The van der Waals surface area contributed by atoms with Crippen LogP contribution in [0.4, 0.5) is 4.79 Å². The van der Waals surface area contributed by atoms with Crippen molar-refractivity contribution < 1.29 is 4.79 Å². The molecule has 2 fully saturated rings. The first-order valence-corrected chi connectivity index (χ1v) is 8.06. The van der Waals surface area contributed by atoms with Crippen molar-refractivity contribution in [3.63, 3.8) is 0 Å². The highest BCUT2D eigenvalue weighted by atomic mass is 32.2. The lowest BCUT2D eigenvalue weighted by Crippen LogP contribution is -2.47. The lowest BCUT2D eigenvalue weighted by atomic mass is 10.1. The quantitative estimate of drug-likeness (QED) is 0.842. The van der Waals surface area contributed by atoms with Crippen LogP contribution in [0.15, 0.2) is 0 Å². The molecule has 0 radical (unpaired) electrons. The maximum Gasteiger partial charge on any atom is 0.317 e. The number of carbonyl (C=O) groups is 1. The SMILES string of the molecule is CSC1(CNC(=O)N2CCCCC2)CCCC1. The number of piperidine rings is 1. The third kappa shape index (κ3) is 3.30. The summed E-state index contributed by atoms with van der Waals surface area (Å²) in [4.78, 5) is 14.0. The average molecular weight is 256 g/mol. The van der Waals surface area contributed by atoms with Gasteiger partial charge < -0.3 is 10.2 Å². The van der Waals surface area contributed by atoms with Crippen LogP contribution in [0.2, 0.25) is 0 Å². The largest absolute Gasteiger partial charge is 0.337 e. The zero-order chi connectivity index (χ0) is 12.1. The number of hydrogen-bond donors (Lipinski definition) is 1. The minimum absolute atomic E-state index is 0.157. The third-order valence-corrected chi connectivity index (χ3v) is 5.57. The molecule has 2 aliphatic rings. The Morgan fingerprint density at radius 2 is 1.82 bits per heavy atom. The number of urea groups is 1. The number of carbonyl (C=O) groups excluding carboxylic acids is 1. The van der Waals surface area contributed by atoms with E-state index >= 15 is 0 Å². The molecular formula is C13H24N2OS. The number of amides is 2. The van der Waals surface area contributed by atoms with Crippen molar-refractivity contribution in [3.05, 3.63) is 0 Å². The molecular weight excluding hydrogens is 232 g/mol. The zero-order valence-electron chi connectivity index (χ0n) is 10.8. The number of likely N-dealkylation sites (tertiary alicyclic amines) is 1. The van der Waals surface area contributed by atoms with Crippen LogP contribution in [-0.4, -0.2) is 41.6 Å². The Labute approximate surface area is 109 Å². The van der Waals surface area contributed by atoms with E-state index < -0.39 is 0 Å². The fourth-order valence-corrected chi connectivity index (χ4v) is 3.83. The Morgan fingerprint density at radius 1 is 1.18 bits per heavy atom. The summed E-state index contributed by atoms with van der Waals surface area (Å²) in [6, 6.07) is 0.157. The fraction of sp³-hybridized carbons (Fsp3) is 0.923. The predicted molar refractivity (Wildman–Crippen MR) is 73.5 cm³/mol. The summed E-state index contributed by atoms with van der Waals surface area (Å²) in [5, 5.41) is 3.15. The molecule has 98 valence electrons. The van der Waals surface area contributed by atoms with E-state index in [1.54, 1.807) is 0 Å². The van der Waals surface area contributed by atoms with Gasteiger partial charge in [0.25, 0.3) is 0 Å². The smallest absolute Gasteiger partial charge is 0.317 e. The van der Waals surface area contributed by atoms with Gasteiger partial charge in [-0.2, -0.15) is 11.8 Å². The number of thioether (sulfide) groups is 1. The summed E-state index contributed by atoms with van der Waals surface area (Å²) in [6.45, 7) is 2.74. The second kappa shape index (κ2) is 5.98. The number of nitrogens with zero attached hydrogens (tertiary/aromatic N) is 1. The van der Waals surface area contributed by atoms with Gasteiger partial charge in [-0.15, -0.1) is 0 Å². The summed E-state index contributed by atoms with van der Waals surface area (Å²) >= 11 is 1.94. The topological polar surface area (TPSA) is 32.3 Å². The van der Waals surface area contributed by atoms with E-state index in [2.05, 4.69) is 11.6 Å². The lowest BCUT2D eigenvalue weighted by molar-refractivity contribution is 0.185. The summed E-state index contributed by atoms with van der Waals surface area (Å²) < 4.78 is 0.325. The van der Waals surface area contributed by atoms with Crippen molar-refractivity contribution in [2.45, 2.75) is 49.7 Å². The molecule has 0 aromatic carbocycles. The van der Waals surface area contributed by atoms with Crippen LogP contribution in [0, 0.1) is 0 Å². The second-order valence-corrected chi connectivity index (χ2v) is 6.57. The highest BCUT2D eigenvalue weighted by molar-refractivity contribution is 8.00. The number of rotatable bonds is 3. The minimum atomic E-state index is 0.157. The molecule has 1 saturated carbocycles. The Bertz CT molecular complexity index is 258. The van der Waals surface area contributed by atoms with Crippen molar-refractivity contribution in [2.75, 3.05) is 25.9 Å². The van der Waals surface area contributed by atoms with E-state index in [0.29, 0.717) is 4.75 Å². The van der Waals surface area contributed by atoms with Gasteiger partial charge in [0.1, 0.15) is 0 Å². The summed E-state index contributed by atoms with van der Waals surface area (Å²) in [5.41, 5.74) is 0. The van der Waals surface area contributed by atoms with Crippen molar-refractivity contribution >= 4 is 17.8 Å². The molecule has 1 N–H and O–H groups in total. The Hall–Kier alpha value is -0.380. The molecule has 1 heterocycles. The van der Waals surface area contributed by atoms with E-state index in [1.807, 2.05) is 16.7 Å². The van der Waals surface area contributed by atoms with Gasteiger partial charge in [0.05, 0.1) is 0 Å². The molecule has 0 spiro atoms. The third-order valence-electron chi connectivity index (χ3n) is 4.15. The van der Waals surface area contributed by atoms with Gasteiger partial charge in [-0.25, -0.2) is 4.79 Å². The molecule has 0 aromatic rings. The van der Waals surface area contributed by atoms with Crippen LogP contribution in [0.25, 0.3) is 0 Å². The van der Waals surface area contributed by atoms with E-state index in [-0.39, 0.29) is 6.03 Å². The van der Waals surface area contributed by atoms with Crippen LogP contribution >= 0.6 is 11.8 Å².